The zero-order chi connectivity index (χ0) is 76.8. The molecule has 33 heteroatoms. The number of nitrogens with one attached hydrogen (secondary N) is 4. The maximum atomic E-state index is 15.4. The number of anilines is 2. The number of carbonyl (C=O) groups is 4. The van der Waals surface area contributed by atoms with Crippen molar-refractivity contribution in [3.8, 4) is 56.6 Å². The van der Waals surface area contributed by atoms with E-state index in [1.165, 1.54) is 110 Å². The molecule has 0 radical (unpaired) electrons. The number of halogens is 4. The average Bonchev–Trinajstić information content (AvgIpc) is 1.02. The topological polar surface area (TPSA) is 352 Å². The van der Waals surface area contributed by atoms with Gasteiger partial charge in [0.1, 0.15) is 94.8 Å². The zero-order valence-corrected chi connectivity index (χ0v) is 61.3. The first-order valence-corrected chi connectivity index (χ1v) is 35.9. The molecule has 0 aliphatic carbocycles. The number of rotatable bonds is 24. The van der Waals surface area contributed by atoms with Crippen LogP contribution in [0, 0.1) is 23.3 Å². The maximum Gasteiger partial charge on any atom is 1.00 e. The summed E-state index contributed by atoms with van der Waals surface area (Å²) in [7, 11) is -1.28. The van der Waals surface area contributed by atoms with E-state index in [9.17, 15) is 41.1 Å². The van der Waals surface area contributed by atoms with E-state index in [1.807, 2.05) is 54.6 Å². The van der Waals surface area contributed by atoms with E-state index in [0.717, 1.165) is 47.6 Å². The first kappa shape index (κ1) is 81.9. The van der Waals surface area contributed by atoms with Crippen LogP contribution in [-0.4, -0.2) is 142 Å². The standard InChI is InChI=1S/C37H31F2N5O7S.C36H29F2N5O7S.C4H8O.Li.H2O/c1-49-32-9-6-10-33(50-2)34(32)28-16-11-22(26-7-4-5-8-27(26)28)17-31(37(46)51-3)42-36(45)35-29(38)18-23(19-30(35)39)43-52(47,48)25-14-12-24(13-15-25)44-21-40-20-41-44;1-49-31-8-5-9-32(50-2)33(31)27-15-10-21(25-6-3-4-7-26(25)27)16-30(36(45)46)41-35(44)34-28(37)17-22(18-29(34)38)42-51(47,48)24-13-11-23(12-14-24)43-20-39-19-40-43;1-2-4-5-3-1;;/h4-16,18-21,31,43H,17H2,1-3H3,(H,42,45);3-15,17-20,30,42H,16H2,1-2H3,(H,41,44)(H,45,46);1-4H2;;1H2/q;;;+1;/p-1/t31-;30-;;;/m00.../s1. The van der Waals surface area contributed by atoms with Crippen molar-refractivity contribution in [3.63, 3.8) is 0 Å². The number of methoxy groups -OCH3 is 5. The van der Waals surface area contributed by atoms with Gasteiger partial charge < -0.3 is 49.6 Å². The second-order valence-electron chi connectivity index (χ2n) is 23.9. The number of ether oxygens (including phenoxy) is 6. The fourth-order valence-corrected chi connectivity index (χ4v) is 14.1. The van der Waals surface area contributed by atoms with Crippen molar-refractivity contribution in [2.75, 3.05) is 58.2 Å². The minimum atomic E-state index is -4.30. The van der Waals surface area contributed by atoms with Crippen molar-refractivity contribution in [2.45, 2.75) is 47.6 Å². The second-order valence-corrected chi connectivity index (χ2v) is 27.2. The van der Waals surface area contributed by atoms with Gasteiger partial charge in [-0.3, -0.25) is 19.0 Å². The summed E-state index contributed by atoms with van der Waals surface area (Å²) < 4.78 is 152. The van der Waals surface area contributed by atoms with Crippen LogP contribution in [0.3, 0.4) is 0 Å². The Morgan fingerprint density at radius 2 is 0.845 bits per heavy atom. The molecule has 1 aliphatic heterocycles. The molecule has 13 rings (SSSR count). The Balaban J connectivity index is 0.000000234. The number of esters is 1. The molecule has 10 aromatic carbocycles. The van der Waals surface area contributed by atoms with E-state index < -0.39 is 102 Å². The van der Waals surface area contributed by atoms with Crippen LogP contribution in [-0.2, 0) is 52.0 Å². The molecule has 2 aromatic heterocycles. The number of sulfonamides is 2. The van der Waals surface area contributed by atoms with Gasteiger partial charge in [0.2, 0.25) is 0 Å². The van der Waals surface area contributed by atoms with Gasteiger partial charge in [0, 0.05) is 26.1 Å². The molecule has 0 bridgehead atoms. The summed E-state index contributed by atoms with van der Waals surface area (Å²) in [4.78, 5) is 59.0. The molecular formula is C77H69F4LiN10O16S2. The van der Waals surface area contributed by atoms with Crippen LogP contribution in [0.25, 0.3) is 55.2 Å². The average molecular weight is 1540 g/mol. The Morgan fingerprint density at radius 3 is 1.16 bits per heavy atom. The SMILES string of the molecule is C1CCOC1.COC(=O)[C@H](Cc1ccc(-c2c(OC)cccc2OC)c2ccccc12)NC(=O)c1c(F)cc(NS(=O)(=O)c2ccc(-n3cncn3)cc2)cc1F.COc1cccc(OC)c1-c1ccc(C[C@H](NC(=O)c2c(F)cc(NS(=O)(=O)c3ccc(-n4cncn4)cc3)cc2F)C(=O)O)c2ccccc12.[Li+].[OH-]. The summed E-state index contributed by atoms with van der Waals surface area (Å²) in [6.07, 6.45) is 7.70. The van der Waals surface area contributed by atoms with E-state index in [-0.39, 0.29) is 47.0 Å². The van der Waals surface area contributed by atoms with Crippen molar-refractivity contribution >= 4 is 76.7 Å². The number of benzene rings is 10. The molecule has 12 aromatic rings. The molecule has 26 nitrogen and oxygen atoms in total. The van der Waals surface area contributed by atoms with Crippen LogP contribution >= 0.6 is 0 Å². The number of nitrogens with zero attached hydrogens (tertiary/aromatic N) is 6. The number of amides is 2. The molecule has 0 unspecified atom stereocenters. The molecule has 110 heavy (non-hydrogen) atoms. The van der Waals surface area contributed by atoms with Crippen LogP contribution in [0.2, 0.25) is 0 Å². The third-order valence-corrected chi connectivity index (χ3v) is 20.0. The van der Waals surface area contributed by atoms with Crippen molar-refractivity contribution < 1.29 is 111 Å². The van der Waals surface area contributed by atoms with Crippen LogP contribution in [0.1, 0.15) is 44.7 Å². The van der Waals surface area contributed by atoms with E-state index in [4.69, 9.17) is 28.4 Å². The number of hydrogen-bond donors (Lipinski definition) is 5. The fraction of sp³-hybridized carbons (Fsp3) is 0.169. The largest absolute Gasteiger partial charge is 1.00 e. The Bertz CT molecular complexity index is 5440. The maximum absolute atomic E-state index is 15.4. The molecule has 1 aliphatic rings. The Hall–Kier alpha value is -12.2. The van der Waals surface area contributed by atoms with Gasteiger partial charge in [-0.05, 0) is 154 Å². The van der Waals surface area contributed by atoms with Gasteiger partial charge in [-0.25, -0.2) is 63.3 Å². The number of fused-ring (bicyclic) bond motifs is 2. The van der Waals surface area contributed by atoms with Crippen LogP contribution in [0.15, 0.2) is 217 Å². The summed E-state index contributed by atoms with van der Waals surface area (Å²) in [5, 5.41) is 25.5. The third kappa shape index (κ3) is 18.7. The van der Waals surface area contributed by atoms with Gasteiger partial charge >= 0.3 is 30.8 Å². The molecule has 1 saturated heterocycles. The smallest absolute Gasteiger partial charge is 0.870 e. The van der Waals surface area contributed by atoms with Crippen LogP contribution < -0.4 is 57.9 Å². The van der Waals surface area contributed by atoms with E-state index >= 15 is 17.6 Å². The normalized spacial score (nSPS) is 12.2. The molecule has 2 atom stereocenters. The van der Waals surface area contributed by atoms with Gasteiger partial charge in [-0.2, -0.15) is 10.2 Å². The summed E-state index contributed by atoms with van der Waals surface area (Å²) in [6, 6.07) is 43.2. The number of carbonyl (C=O) groups excluding carboxylic acids is 3. The predicted molar refractivity (Wildman–Crippen MR) is 394 cm³/mol. The van der Waals surface area contributed by atoms with Crippen molar-refractivity contribution in [2.24, 2.45) is 0 Å². The monoisotopic (exact) mass is 1540 g/mol. The Labute approximate surface area is 639 Å². The zero-order valence-electron chi connectivity index (χ0n) is 59.6. The van der Waals surface area contributed by atoms with Crippen molar-refractivity contribution in [1.29, 1.82) is 0 Å². The number of aromatic nitrogens is 6. The predicted octanol–water partition coefficient (Wildman–Crippen LogP) is 8.93. The number of hydrogen-bond acceptors (Lipinski definition) is 19. The molecule has 1 fully saturated rings. The quantitative estimate of drug-likeness (QED) is 0.0214. The number of carboxylic acid groups (broad SMARTS) is 1. The van der Waals surface area contributed by atoms with Gasteiger partial charge in [0.05, 0.1) is 79.2 Å². The first-order valence-electron chi connectivity index (χ1n) is 32.9. The molecule has 0 spiro atoms. The Kier molecular flexibility index (Phi) is 27.3. The van der Waals surface area contributed by atoms with Gasteiger partial charge in [0.15, 0.2) is 0 Å². The molecule has 2 amide bonds. The first-order chi connectivity index (χ1) is 52.0. The van der Waals surface area contributed by atoms with Crippen molar-refractivity contribution in [3.05, 3.63) is 253 Å². The summed E-state index contributed by atoms with van der Waals surface area (Å²) in [5.74, 6) is -8.13. The van der Waals surface area contributed by atoms with E-state index in [2.05, 4.69) is 40.2 Å². The number of aliphatic carboxylic acids is 1. The van der Waals surface area contributed by atoms with Gasteiger partial charge in [-0.1, -0.05) is 84.9 Å². The summed E-state index contributed by atoms with van der Waals surface area (Å²) in [5.41, 5.74) is 2.12. The van der Waals surface area contributed by atoms with E-state index in [0.29, 0.717) is 86.3 Å². The van der Waals surface area contributed by atoms with Crippen molar-refractivity contribution in [1.82, 2.24) is 40.2 Å². The van der Waals surface area contributed by atoms with Gasteiger partial charge in [-0.15, -0.1) is 0 Å². The second kappa shape index (κ2) is 36.6. The minimum absolute atomic E-state index is 0. The number of carboxylic acids is 1. The molecular weight excluding hydrogens is 1470 g/mol. The van der Waals surface area contributed by atoms with Crippen LogP contribution in [0.4, 0.5) is 28.9 Å². The third-order valence-electron chi connectivity index (χ3n) is 17.2. The molecule has 6 N–H and O–H groups in total. The molecule has 564 valence electrons. The molecule has 0 saturated carbocycles. The summed E-state index contributed by atoms with van der Waals surface area (Å²) >= 11 is 0. The van der Waals surface area contributed by atoms with Gasteiger partial charge in [0.25, 0.3) is 31.9 Å². The minimum Gasteiger partial charge on any atom is -0.870 e. The summed E-state index contributed by atoms with van der Waals surface area (Å²) in [6.45, 7) is 2.00. The molecule has 3 heterocycles. The Morgan fingerprint density at radius 1 is 0.491 bits per heavy atom. The fourth-order valence-electron chi connectivity index (χ4n) is 12.1. The van der Waals surface area contributed by atoms with Crippen LogP contribution in [0.5, 0.6) is 23.0 Å². The van der Waals surface area contributed by atoms with E-state index in [1.54, 1.807) is 68.8 Å².